The highest BCUT2D eigenvalue weighted by molar-refractivity contribution is 5.29. The second-order valence-electron chi connectivity index (χ2n) is 5.66. The zero-order valence-electron chi connectivity index (χ0n) is 12.3. The van der Waals surface area contributed by atoms with Crippen molar-refractivity contribution in [2.24, 2.45) is 0 Å². The van der Waals surface area contributed by atoms with Gasteiger partial charge in [-0.1, -0.05) is 0 Å². The standard InChI is InChI=1S/C15H20N4O/c1-11-13(6-5-9-16-11)20-14-8-7-12(18-19-14)10-17-15(2,3)4/h5-9,17H,10H2,1-4H3. The van der Waals surface area contributed by atoms with Crippen LogP contribution in [0.4, 0.5) is 0 Å². The van der Waals surface area contributed by atoms with E-state index in [1.165, 1.54) is 0 Å². The summed E-state index contributed by atoms with van der Waals surface area (Å²) in [6.45, 7) is 8.92. The first-order chi connectivity index (χ1) is 9.44. The normalized spacial score (nSPS) is 11.4. The number of nitrogens with zero attached hydrogens (tertiary/aromatic N) is 3. The number of ether oxygens (including phenoxy) is 1. The number of hydrogen-bond donors (Lipinski definition) is 1. The lowest BCUT2D eigenvalue weighted by molar-refractivity contribution is 0.416. The second-order valence-corrected chi connectivity index (χ2v) is 5.66. The predicted molar refractivity (Wildman–Crippen MR) is 77.7 cm³/mol. The Morgan fingerprint density at radius 1 is 1.15 bits per heavy atom. The van der Waals surface area contributed by atoms with Crippen LogP contribution in [0.2, 0.25) is 0 Å². The van der Waals surface area contributed by atoms with Crippen molar-refractivity contribution in [3.8, 4) is 11.6 Å². The van der Waals surface area contributed by atoms with Crippen LogP contribution in [0.3, 0.4) is 0 Å². The molecule has 2 aromatic rings. The van der Waals surface area contributed by atoms with Crippen molar-refractivity contribution >= 4 is 0 Å². The molecule has 0 radical (unpaired) electrons. The largest absolute Gasteiger partial charge is 0.436 e. The summed E-state index contributed by atoms with van der Waals surface area (Å²) in [7, 11) is 0. The molecule has 0 spiro atoms. The number of pyridine rings is 1. The maximum absolute atomic E-state index is 5.65. The number of aromatic nitrogens is 3. The third kappa shape index (κ3) is 4.28. The summed E-state index contributed by atoms with van der Waals surface area (Å²) in [5.41, 5.74) is 1.77. The second kappa shape index (κ2) is 5.96. The minimum absolute atomic E-state index is 0.0592. The molecule has 2 rings (SSSR count). The Hall–Kier alpha value is -2.01. The van der Waals surface area contributed by atoms with E-state index >= 15 is 0 Å². The molecule has 1 N–H and O–H groups in total. The summed E-state index contributed by atoms with van der Waals surface area (Å²) in [5, 5.41) is 11.6. The van der Waals surface area contributed by atoms with Crippen molar-refractivity contribution < 1.29 is 4.74 Å². The van der Waals surface area contributed by atoms with Gasteiger partial charge in [0.05, 0.1) is 11.4 Å². The number of rotatable bonds is 4. The maximum Gasteiger partial charge on any atom is 0.238 e. The lowest BCUT2D eigenvalue weighted by Crippen LogP contribution is -2.35. The van der Waals surface area contributed by atoms with Gasteiger partial charge < -0.3 is 10.1 Å². The first-order valence-electron chi connectivity index (χ1n) is 6.61. The molecular formula is C15H20N4O. The fourth-order valence-electron chi connectivity index (χ4n) is 1.54. The molecule has 0 saturated heterocycles. The summed E-state index contributed by atoms with van der Waals surface area (Å²) in [6, 6.07) is 7.42. The minimum atomic E-state index is 0.0592. The SMILES string of the molecule is Cc1ncccc1Oc1ccc(CNC(C)(C)C)nn1. The molecule has 2 aromatic heterocycles. The van der Waals surface area contributed by atoms with Crippen molar-refractivity contribution in [3.05, 3.63) is 41.9 Å². The van der Waals surface area contributed by atoms with Crippen LogP contribution in [0.1, 0.15) is 32.2 Å². The molecule has 0 aliphatic heterocycles. The van der Waals surface area contributed by atoms with Gasteiger partial charge in [-0.15, -0.1) is 5.10 Å². The molecule has 0 amide bonds. The van der Waals surface area contributed by atoms with Crippen LogP contribution in [-0.4, -0.2) is 20.7 Å². The van der Waals surface area contributed by atoms with Crippen LogP contribution in [0.15, 0.2) is 30.5 Å². The van der Waals surface area contributed by atoms with Crippen molar-refractivity contribution in [1.82, 2.24) is 20.5 Å². The van der Waals surface area contributed by atoms with E-state index in [1.54, 1.807) is 6.20 Å². The van der Waals surface area contributed by atoms with Gasteiger partial charge in [-0.2, -0.15) is 5.10 Å². The lowest BCUT2D eigenvalue weighted by Gasteiger charge is -2.19. The third-order valence-corrected chi connectivity index (χ3v) is 2.67. The molecule has 0 fully saturated rings. The van der Waals surface area contributed by atoms with E-state index in [2.05, 4.69) is 41.3 Å². The highest BCUT2D eigenvalue weighted by Gasteiger charge is 2.09. The minimum Gasteiger partial charge on any atom is -0.436 e. The van der Waals surface area contributed by atoms with Crippen molar-refractivity contribution in [1.29, 1.82) is 0 Å². The molecule has 0 aliphatic carbocycles. The molecule has 0 bridgehead atoms. The number of aryl methyl sites for hydroxylation is 1. The molecule has 0 atom stereocenters. The predicted octanol–water partition coefficient (Wildman–Crippen LogP) is 2.86. The molecule has 2 heterocycles. The van der Waals surface area contributed by atoms with Crippen LogP contribution >= 0.6 is 0 Å². The van der Waals surface area contributed by atoms with Gasteiger partial charge in [0, 0.05) is 24.3 Å². The van der Waals surface area contributed by atoms with E-state index in [0.717, 1.165) is 11.4 Å². The van der Waals surface area contributed by atoms with E-state index in [9.17, 15) is 0 Å². The summed E-state index contributed by atoms with van der Waals surface area (Å²) in [5.74, 6) is 1.17. The number of hydrogen-bond acceptors (Lipinski definition) is 5. The average molecular weight is 272 g/mol. The molecule has 0 aromatic carbocycles. The Kier molecular flexibility index (Phi) is 4.29. The Morgan fingerprint density at radius 3 is 2.55 bits per heavy atom. The van der Waals surface area contributed by atoms with Crippen molar-refractivity contribution in [2.75, 3.05) is 0 Å². The Morgan fingerprint density at radius 2 is 1.95 bits per heavy atom. The van der Waals surface area contributed by atoms with E-state index in [0.29, 0.717) is 18.2 Å². The fourth-order valence-corrected chi connectivity index (χ4v) is 1.54. The summed E-state index contributed by atoms with van der Waals surface area (Å²) in [4.78, 5) is 4.17. The summed E-state index contributed by atoms with van der Waals surface area (Å²) >= 11 is 0. The Balaban J connectivity index is 2.00. The molecule has 0 unspecified atom stereocenters. The quantitative estimate of drug-likeness (QED) is 0.927. The zero-order chi connectivity index (χ0) is 14.6. The van der Waals surface area contributed by atoms with Gasteiger partial charge in [0.2, 0.25) is 5.88 Å². The molecule has 20 heavy (non-hydrogen) atoms. The molecule has 0 aliphatic rings. The monoisotopic (exact) mass is 272 g/mol. The third-order valence-electron chi connectivity index (χ3n) is 2.67. The maximum atomic E-state index is 5.65. The average Bonchev–Trinajstić information content (AvgIpc) is 2.40. The first kappa shape index (κ1) is 14.4. The highest BCUT2D eigenvalue weighted by atomic mass is 16.5. The van der Waals surface area contributed by atoms with Gasteiger partial charge in [-0.3, -0.25) is 4.98 Å². The van der Waals surface area contributed by atoms with Gasteiger partial charge in [0.15, 0.2) is 5.75 Å². The molecule has 5 heteroatoms. The first-order valence-corrected chi connectivity index (χ1v) is 6.61. The fraction of sp³-hybridized carbons (Fsp3) is 0.400. The van der Waals surface area contributed by atoms with E-state index < -0.39 is 0 Å². The molecular weight excluding hydrogens is 252 g/mol. The van der Waals surface area contributed by atoms with Crippen LogP contribution in [0.5, 0.6) is 11.6 Å². The van der Waals surface area contributed by atoms with Crippen molar-refractivity contribution in [3.63, 3.8) is 0 Å². The van der Waals surface area contributed by atoms with Crippen LogP contribution in [-0.2, 0) is 6.54 Å². The van der Waals surface area contributed by atoms with Gasteiger partial charge in [-0.05, 0) is 45.9 Å². The summed E-state index contributed by atoms with van der Waals surface area (Å²) in [6.07, 6.45) is 1.73. The van der Waals surface area contributed by atoms with E-state index in [-0.39, 0.29) is 5.54 Å². The van der Waals surface area contributed by atoms with E-state index in [4.69, 9.17) is 4.74 Å². The Labute approximate surface area is 119 Å². The van der Waals surface area contributed by atoms with Gasteiger partial charge in [0.1, 0.15) is 0 Å². The van der Waals surface area contributed by atoms with Gasteiger partial charge >= 0.3 is 0 Å². The number of nitrogens with one attached hydrogen (secondary N) is 1. The highest BCUT2D eigenvalue weighted by Crippen LogP contribution is 2.20. The van der Waals surface area contributed by atoms with Crippen LogP contribution in [0, 0.1) is 6.92 Å². The zero-order valence-corrected chi connectivity index (χ0v) is 12.3. The molecule has 106 valence electrons. The Bertz CT molecular complexity index is 561. The van der Waals surface area contributed by atoms with Crippen LogP contribution < -0.4 is 10.1 Å². The molecule has 5 nitrogen and oxygen atoms in total. The lowest BCUT2D eigenvalue weighted by atomic mass is 10.1. The molecule has 0 saturated carbocycles. The van der Waals surface area contributed by atoms with Gasteiger partial charge in [0.25, 0.3) is 0 Å². The topological polar surface area (TPSA) is 59.9 Å². The van der Waals surface area contributed by atoms with E-state index in [1.807, 2.05) is 31.2 Å². The summed E-state index contributed by atoms with van der Waals surface area (Å²) < 4.78 is 5.65. The van der Waals surface area contributed by atoms with Crippen LogP contribution in [0.25, 0.3) is 0 Å². The smallest absolute Gasteiger partial charge is 0.238 e. The van der Waals surface area contributed by atoms with Gasteiger partial charge in [-0.25, -0.2) is 0 Å². The van der Waals surface area contributed by atoms with Crippen molar-refractivity contribution in [2.45, 2.75) is 39.8 Å².